The number of nitriles is 1. The normalized spacial score (nSPS) is 18.4. The van der Waals surface area contributed by atoms with Gasteiger partial charge in [0.15, 0.2) is 0 Å². The second kappa shape index (κ2) is 4.36. The molecule has 82 valence electrons. The molecule has 0 fully saturated rings. The molecule has 0 saturated heterocycles. The van der Waals surface area contributed by atoms with E-state index in [0.717, 1.165) is 19.3 Å². The summed E-state index contributed by atoms with van der Waals surface area (Å²) in [6.45, 7) is 0. The molecule has 1 aromatic carbocycles. The minimum Gasteiger partial charge on any atom is -0.465 e. The lowest BCUT2D eigenvalue weighted by atomic mass is 9.84. The summed E-state index contributed by atoms with van der Waals surface area (Å²) in [7, 11) is 1.38. The predicted octanol–water partition coefficient (Wildman–Crippen LogP) is 2.10. The van der Waals surface area contributed by atoms with Crippen LogP contribution in [0.25, 0.3) is 0 Å². The van der Waals surface area contributed by atoms with E-state index >= 15 is 0 Å². The number of hydrogen-bond acceptors (Lipinski definition) is 3. The fourth-order valence-electron chi connectivity index (χ4n) is 2.11. The number of carbonyl (C=O) groups excluding carboxylic acids is 1. The lowest BCUT2D eigenvalue weighted by Gasteiger charge is -2.19. The number of rotatable bonds is 1. The van der Waals surface area contributed by atoms with E-state index in [1.807, 2.05) is 12.1 Å². The summed E-state index contributed by atoms with van der Waals surface area (Å²) >= 11 is 0. The fourth-order valence-corrected chi connectivity index (χ4v) is 2.11. The Hall–Kier alpha value is -1.82. The first-order valence-electron chi connectivity index (χ1n) is 5.34. The molecule has 0 bridgehead atoms. The van der Waals surface area contributed by atoms with Crippen LogP contribution in [0, 0.1) is 17.2 Å². The van der Waals surface area contributed by atoms with Crippen LogP contribution in [0.2, 0.25) is 0 Å². The monoisotopic (exact) mass is 215 g/mol. The zero-order chi connectivity index (χ0) is 11.5. The van der Waals surface area contributed by atoms with Gasteiger partial charge in [-0.1, -0.05) is 6.07 Å². The van der Waals surface area contributed by atoms with Crippen LogP contribution in [-0.4, -0.2) is 13.1 Å². The minimum atomic E-state index is -0.301. The van der Waals surface area contributed by atoms with Gasteiger partial charge in [0.1, 0.15) is 0 Å². The molecule has 0 heterocycles. The second-order valence-corrected chi connectivity index (χ2v) is 4.04. The highest BCUT2D eigenvalue weighted by Gasteiger charge is 2.19. The zero-order valence-electron chi connectivity index (χ0n) is 9.19. The first-order chi connectivity index (χ1) is 7.74. The third-order valence-corrected chi connectivity index (χ3v) is 3.04. The van der Waals surface area contributed by atoms with Gasteiger partial charge in [-0.3, -0.25) is 0 Å². The van der Waals surface area contributed by atoms with Gasteiger partial charge in [-0.15, -0.1) is 0 Å². The van der Waals surface area contributed by atoms with Gasteiger partial charge in [-0.05, 0) is 42.5 Å². The predicted molar refractivity (Wildman–Crippen MR) is 58.9 cm³/mol. The van der Waals surface area contributed by atoms with Crippen LogP contribution in [0.5, 0.6) is 0 Å². The lowest BCUT2D eigenvalue weighted by molar-refractivity contribution is 0.0600. The van der Waals surface area contributed by atoms with E-state index in [1.165, 1.54) is 18.2 Å². The maximum Gasteiger partial charge on any atom is 0.337 e. The van der Waals surface area contributed by atoms with Crippen LogP contribution in [0.3, 0.4) is 0 Å². The lowest BCUT2D eigenvalue weighted by Crippen LogP contribution is -2.13. The number of methoxy groups -OCH3 is 1. The molecule has 0 amide bonds. The van der Waals surface area contributed by atoms with Crippen LogP contribution in [0.4, 0.5) is 0 Å². The van der Waals surface area contributed by atoms with Crippen molar-refractivity contribution in [2.24, 2.45) is 5.92 Å². The van der Waals surface area contributed by atoms with Gasteiger partial charge in [-0.2, -0.15) is 5.26 Å². The van der Waals surface area contributed by atoms with Gasteiger partial charge in [-0.25, -0.2) is 4.79 Å². The molecular weight excluding hydrogens is 202 g/mol. The van der Waals surface area contributed by atoms with Gasteiger partial charge >= 0.3 is 5.97 Å². The Morgan fingerprint density at radius 3 is 3.00 bits per heavy atom. The topological polar surface area (TPSA) is 50.1 Å². The summed E-state index contributed by atoms with van der Waals surface area (Å²) in [6.07, 6.45) is 2.56. The van der Waals surface area contributed by atoms with Gasteiger partial charge < -0.3 is 4.74 Å². The van der Waals surface area contributed by atoms with Crippen molar-refractivity contribution in [1.82, 2.24) is 0 Å². The highest BCUT2D eigenvalue weighted by atomic mass is 16.5. The summed E-state index contributed by atoms with van der Waals surface area (Å²) in [6, 6.07) is 7.89. The molecule has 0 aliphatic heterocycles. The number of benzene rings is 1. The molecule has 2 rings (SSSR count). The van der Waals surface area contributed by atoms with Gasteiger partial charge in [0, 0.05) is 0 Å². The van der Waals surface area contributed by atoms with Crippen molar-refractivity contribution in [1.29, 1.82) is 5.26 Å². The maximum atomic E-state index is 11.3. The van der Waals surface area contributed by atoms with Crippen molar-refractivity contribution in [2.75, 3.05) is 7.11 Å². The Morgan fingerprint density at radius 1 is 1.50 bits per heavy atom. The summed E-state index contributed by atoms with van der Waals surface area (Å²) < 4.78 is 4.68. The standard InChI is InChI=1S/C13H13NO2/c1-16-13(15)12-5-4-10-6-9(8-14)2-3-11(10)7-12/h4-5,7,9H,2-3,6H2,1H3. The molecule has 3 heteroatoms. The average molecular weight is 215 g/mol. The van der Waals surface area contributed by atoms with E-state index in [-0.39, 0.29) is 11.9 Å². The highest BCUT2D eigenvalue weighted by molar-refractivity contribution is 5.89. The van der Waals surface area contributed by atoms with Crippen molar-refractivity contribution in [3.05, 3.63) is 34.9 Å². The SMILES string of the molecule is COC(=O)c1ccc2c(c1)CCC(C#N)C2. The zero-order valence-corrected chi connectivity index (χ0v) is 9.19. The molecule has 1 aliphatic carbocycles. The van der Waals surface area contributed by atoms with Crippen LogP contribution in [0.1, 0.15) is 27.9 Å². The minimum absolute atomic E-state index is 0.122. The van der Waals surface area contributed by atoms with E-state index in [0.29, 0.717) is 5.56 Å². The van der Waals surface area contributed by atoms with E-state index < -0.39 is 0 Å². The molecule has 3 nitrogen and oxygen atoms in total. The number of hydrogen-bond donors (Lipinski definition) is 0. The van der Waals surface area contributed by atoms with Crippen molar-refractivity contribution >= 4 is 5.97 Å². The number of esters is 1. The molecule has 1 aromatic rings. The first kappa shape index (κ1) is 10.7. The van der Waals surface area contributed by atoms with E-state index in [4.69, 9.17) is 5.26 Å². The molecule has 0 N–H and O–H groups in total. The van der Waals surface area contributed by atoms with Gasteiger partial charge in [0.25, 0.3) is 0 Å². The molecule has 0 aromatic heterocycles. The molecule has 1 aliphatic rings. The second-order valence-electron chi connectivity index (χ2n) is 4.04. The molecule has 0 radical (unpaired) electrons. The van der Waals surface area contributed by atoms with E-state index in [1.54, 1.807) is 6.07 Å². The summed E-state index contributed by atoms with van der Waals surface area (Å²) in [5.74, 6) is -0.179. The van der Waals surface area contributed by atoms with Gasteiger partial charge in [0.2, 0.25) is 0 Å². The van der Waals surface area contributed by atoms with Crippen LogP contribution in [-0.2, 0) is 17.6 Å². The number of nitrogens with zero attached hydrogens (tertiary/aromatic N) is 1. The third kappa shape index (κ3) is 1.92. The number of aryl methyl sites for hydroxylation is 1. The van der Waals surface area contributed by atoms with Crippen LogP contribution in [0.15, 0.2) is 18.2 Å². The quantitative estimate of drug-likeness (QED) is 0.674. The summed E-state index contributed by atoms with van der Waals surface area (Å²) in [4.78, 5) is 11.3. The van der Waals surface area contributed by atoms with E-state index in [9.17, 15) is 4.79 Å². The summed E-state index contributed by atoms with van der Waals surface area (Å²) in [5.41, 5.74) is 2.96. The molecule has 1 unspecified atom stereocenters. The first-order valence-corrected chi connectivity index (χ1v) is 5.34. The fraction of sp³-hybridized carbons (Fsp3) is 0.385. The molecule has 1 atom stereocenters. The van der Waals surface area contributed by atoms with Gasteiger partial charge in [0.05, 0.1) is 24.7 Å². The Labute approximate surface area is 94.6 Å². The Balaban J connectivity index is 2.29. The van der Waals surface area contributed by atoms with Crippen LogP contribution >= 0.6 is 0 Å². The highest BCUT2D eigenvalue weighted by Crippen LogP contribution is 2.26. The maximum absolute atomic E-state index is 11.3. The smallest absolute Gasteiger partial charge is 0.337 e. The molecule has 0 spiro atoms. The number of ether oxygens (including phenoxy) is 1. The molecule has 16 heavy (non-hydrogen) atoms. The Bertz CT molecular complexity index is 459. The van der Waals surface area contributed by atoms with E-state index in [2.05, 4.69) is 10.8 Å². The van der Waals surface area contributed by atoms with Crippen LogP contribution < -0.4 is 0 Å². The Kier molecular flexibility index (Phi) is 2.91. The van der Waals surface area contributed by atoms with Crippen molar-refractivity contribution in [2.45, 2.75) is 19.3 Å². The number of carbonyl (C=O) groups is 1. The number of fused-ring (bicyclic) bond motifs is 1. The van der Waals surface area contributed by atoms with Crippen molar-refractivity contribution < 1.29 is 9.53 Å². The molecular formula is C13H13NO2. The summed E-state index contributed by atoms with van der Waals surface area (Å²) in [5, 5.41) is 8.87. The van der Waals surface area contributed by atoms with Crippen molar-refractivity contribution in [3.8, 4) is 6.07 Å². The third-order valence-electron chi connectivity index (χ3n) is 3.04. The largest absolute Gasteiger partial charge is 0.465 e. The molecule has 0 saturated carbocycles. The Morgan fingerprint density at radius 2 is 2.31 bits per heavy atom. The van der Waals surface area contributed by atoms with Crippen molar-refractivity contribution in [3.63, 3.8) is 0 Å². The average Bonchev–Trinajstić information content (AvgIpc) is 2.36.